The number of phosphoric ester groups is 1. The van der Waals surface area contributed by atoms with Crippen LogP contribution in [0.2, 0.25) is 0 Å². The molecule has 0 unspecified atom stereocenters. The number of carbonyl (C=O) groups is 4. The average molecular weight is 1320 g/mol. The topological polar surface area (TPSA) is 186 Å². The molecule has 0 bridgehead atoms. The fourth-order valence-corrected chi connectivity index (χ4v) is 12.5. The first-order valence-corrected chi connectivity index (χ1v) is 38.1. The van der Waals surface area contributed by atoms with Crippen LogP contribution in [-0.4, -0.2) is 74.5 Å². The van der Waals surface area contributed by atoms with E-state index in [1.165, 1.54) is 109 Å². The maximum atomic E-state index is 14.5. The van der Waals surface area contributed by atoms with Crippen LogP contribution in [0, 0.1) is 0 Å². The molecule has 0 radical (unpaired) electrons. The Kier molecular flexibility index (Phi) is 47.3. The van der Waals surface area contributed by atoms with E-state index in [-0.39, 0.29) is 83.4 Å². The molecular formula is C78H122N3O12P. The fourth-order valence-electron chi connectivity index (χ4n) is 11.4. The van der Waals surface area contributed by atoms with E-state index >= 15 is 0 Å². The van der Waals surface area contributed by atoms with Gasteiger partial charge in [-0.2, -0.15) is 0 Å². The third-order valence-electron chi connectivity index (χ3n) is 17.0. The molecule has 3 N–H and O–H groups in total. The van der Waals surface area contributed by atoms with Gasteiger partial charge in [0.1, 0.15) is 18.9 Å². The van der Waals surface area contributed by atoms with Crippen LogP contribution in [0.5, 0.6) is 0 Å². The number of rotatable bonds is 61. The summed E-state index contributed by atoms with van der Waals surface area (Å²) in [6, 6.07) is 36.9. The molecule has 526 valence electrons. The Balaban J connectivity index is 1.47. The number of amides is 3. The number of nitrogens with one attached hydrogen (secondary N) is 3. The summed E-state index contributed by atoms with van der Waals surface area (Å²) in [6.07, 6.45) is 32.6. The Labute approximate surface area is 567 Å². The minimum Gasteiger partial charge on any atom is -0.462 e. The van der Waals surface area contributed by atoms with E-state index in [0.717, 1.165) is 92.9 Å². The normalized spacial score (nSPS) is 12.8. The molecule has 0 spiro atoms. The molecule has 4 aromatic rings. The first-order chi connectivity index (χ1) is 46.1. The van der Waals surface area contributed by atoms with Gasteiger partial charge in [-0.1, -0.05) is 303 Å². The zero-order valence-corrected chi connectivity index (χ0v) is 59.0. The SMILES string of the molecule is CCCCCCCCCCCC(=O)O[C@H](CCCCCCCCCCC)CC(=O)N[C@H](CCOP(=O)(OCc1ccccc1)OCc1ccccc1)C(=O)NCCC[C@H](COCOCc1ccccc1)NC(=O)C[C@@H](CCCCCCCCCCC)OCc1ccccc1. The van der Waals surface area contributed by atoms with Crippen molar-refractivity contribution < 1.29 is 56.3 Å². The van der Waals surface area contributed by atoms with Gasteiger partial charge in [0.05, 0.1) is 64.6 Å². The van der Waals surface area contributed by atoms with Crippen molar-refractivity contribution in [1.29, 1.82) is 0 Å². The summed E-state index contributed by atoms with van der Waals surface area (Å²) < 4.78 is 56.7. The lowest BCUT2D eigenvalue weighted by atomic mass is 10.0. The number of unbranched alkanes of at least 4 members (excludes halogenated alkanes) is 24. The molecule has 0 aliphatic rings. The molecule has 0 fully saturated rings. The van der Waals surface area contributed by atoms with Crippen molar-refractivity contribution in [1.82, 2.24) is 16.0 Å². The van der Waals surface area contributed by atoms with E-state index in [1.54, 1.807) is 0 Å². The number of carbonyl (C=O) groups excluding carboxylic acids is 4. The monoisotopic (exact) mass is 1320 g/mol. The van der Waals surface area contributed by atoms with Crippen LogP contribution in [0.1, 0.15) is 268 Å². The van der Waals surface area contributed by atoms with E-state index in [9.17, 15) is 23.7 Å². The van der Waals surface area contributed by atoms with Crippen LogP contribution in [0.3, 0.4) is 0 Å². The van der Waals surface area contributed by atoms with Crippen LogP contribution >= 0.6 is 7.82 Å². The summed E-state index contributed by atoms with van der Waals surface area (Å²) >= 11 is 0. The molecule has 0 aliphatic carbocycles. The summed E-state index contributed by atoms with van der Waals surface area (Å²) in [4.78, 5) is 56.3. The van der Waals surface area contributed by atoms with Gasteiger partial charge in [-0.3, -0.25) is 32.7 Å². The highest BCUT2D eigenvalue weighted by molar-refractivity contribution is 7.48. The fraction of sp³-hybridized carbons (Fsp3) is 0.641. The number of ether oxygens (including phenoxy) is 4. The molecule has 94 heavy (non-hydrogen) atoms. The van der Waals surface area contributed by atoms with Gasteiger partial charge >= 0.3 is 13.8 Å². The second-order valence-electron chi connectivity index (χ2n) is 25.5. The summed E-state index contributed by atoms with van der Waals surface area (Å²) in [6.45, 7) is 7.46. The average Bonchev–Trinajstić information content (AvgIpc) is 1.23. The van der Waals surface area contributed by atoms with Gasteiger partial charge in [-0.15, -0.1) is 0 Å². The Bertz CT molecular complexity index is 2480. The lowest BCUT2D eigenvalue weighted by Crippen LogP contribution is -2.48. The number of esters is 1. The molecule has 0 aromatic heterocycles. The number of hydrogen-bond acceptors (Lipinski definition) is 12. The molecule has 0 saturated carbocycles. The minimum absolute atomic E-state index is 0.0168. The van der Waals surface area contributed by atoms with Crippen molar-refractivity contribution in [3.63, 3.8) is 0 Å². The standard InChI is InChI=1S/C78H122N3O12P/c1-4-7-10-13-16-19-22-25-40-53-72(89-62-68-46-34-29-35-47-68)59-75(82)80-71(65-88-66-87-61-67-44-32-28-33-45-67)52-43-57-79-78(85)74(56-58-90-94(86,91-63-69-48-36-30-37-49-69)92-64-70-50-38-31-39-51-70)81-76(83)60-73(54-41-26-23-20-17-14-11-8-5-2)93-77(84)55-42-27-24-21-18-15-12-9-6-3/h28-39,44-51,71-74H,4-27,40-43,52-66H2,1-3H3,(H,79,85)(H,80,82)(H,81,83)/t71-,72-,73-,74-/m1/s1. The molecule has 0 saturated heterocycles. The van der Waals surface area contributed by atoms with E-state index in [1.807, 2.05) is 121 Å². The first-order valence-electron chi connectivity index (χ1n) is 36.6. The summed E-state index contributed by atoms with van der Waals surface area (Å²) in [7, 11) is -4.25. The van der Waals surface area contributed by atoms with Crippen molar-refractivity contribution in [3.8, 4) is 0 Å². The Morgan fingerprint density at radius 3 is 1.32 bits per heavy atom. The molecule has 0 aliphatic heterocycles. The Hall–Kier alpha value is -5.25. The molecule has 0 heterocycles. The third-order valence-corrected chi connectivity index (χ3v) is 18.3. The van der Waals surface area contributed by atoms with Gasteiger partial charge in [-0.05, 0) is 60.8 Å². The van der Waals surface area contributed by atoms with Crippen LogP contribution in [0.25, 0.3) is 0 Å². The van der Waals surface area contributed by atoms with Crippen molar-refractivity contribution in [3.05, 3.63) is 144 Å². The highest BCUT2D eigenvalue weighted by atomic mass is 31.2. The van der Waals surface area contributed by atoms with Gasteiger partial charge in [0.25, 0.3) is 0 Å². The van der Waals surface area contributed by atoms with E-state index in [4.69, 9.17) is 32.5 Å². The van der Waals surface area contributed by atoms with Crippen LogP contribution in [0.4, 0.5) is 0 Å². The van der Waals surface area contributed by atoms with Crippen molar-refractivity contribution in [2.24, 2.45) is 0 Å². The predicted octanol–water partition coefficient (Wildman–Crippen LogP) is 19.0. The second-order valence-corrected chi connectivity index (χ2v) is 27.1. The van der Waals surface area contributed by atoms with Gasteiger partial charge in [0.2, 0.25) is 17.7 Å². The van der Waals surface area contributed by atoms with Gasteiger partial charge in [0, 0.05) is 19.4 Å². The highest BCUT2D eigenvalue weighted by Gasteiger charge is 2.30. The Morgan fingerprint density at radius 1 is 0.415 bits per heavy atom. The van der Waals surface area contributed by atoms with Gasteiger partial charge < -0.3 is 34.9 Å². The quantitative estimate of drug-likeness (QED) is 0.0165. The lowest BCUT2D eigenvalue weighted by Gasteiger charge is -2.23. The largest absolute Gasteiger partial charge is 0.475 e. The van der Waals surface area contributed by atoms with Crippen LogP contribution < -0.4 is 16.0 Å². The third kappa shape index (κ3) is 42.3. The molecular weight excluding hydrogens is 1200 g/mol. The summed E-state index contributed by atoms with van der Waals surface area (Å²) in [5.41, 5.74) is 3.58. The van der Waals surface area contributed by atoms with E-state index in [2.05, 4.69) is 36.7 Å². The number of benzene rings is 4. The van der Waals surface area contributed by atoms with Crippen LogP contribution in [-0.2, 0) is 82.7 Å². The van der Waals surface area contributed by atoms with Crippen molar-refractivity contribution in [2.45, 2.75) is 296 Å². The smallest absolute Gasteiger partial charge is 0.462 e. The molecule has 3 amide bonds. The van der Waals surface area contributed by atoms with Crippen LogP contribution in [0.15, 0.2) is 121 Å². The maximum absolute atomic E-state index is 14.5. The lowest BCUT2D eigenvalue weighted by molar-refractivity contribution is -0.151. The Morgan fingerprint density at radius 2 is 0.830 bits per heavy atom. The number of phosphoric acid groups is 1. The first kappa shape index (κ1) is 81.2. The molecule has 4 aromatic carbocycles. The zero-order chi connectivity index (χ0) is 67.0. The predicted molar refractivity (Wildman–Crippen MR) is 378 cm³/mol. The van der Waals surface area contributed by atoms with E-state index in [0.29, 0.717) is 32.5 Å². The van der Waals surface area contributed by atoms with Gasteiger partial charge in [-0.25, -0.2) is 4.57 Å². The molecule has 4 rings (SSSR count). The molecule has 4 atom stereocenters. The molecule has 15 nitrogen and oxygen atoms in total. The molecule has 16 heteroatoms. The summed E-state index contributed by atoms with van der Waals surface area (Å²) in [5.74, 6) is -1.41. The van der Waals surface area contributed by atoms with Gasteiger partial charge in [0.15, 0.2) is 0 Å². The minimum atomic E-state index is -4.25. The van der Waals surface area contributed by atoms with Crippen molar-refractivity contribution in [2.75, 3.05) is 26.6 Å². The second kappa shape index (κ2) is 54.8. The maximum Gasteiger partial charge on any atom is 0.475 e. The van der Waals surface area contributed by atoms with Crippen molar-refractivity contribution >= 4 is 31.5 Å². The van der Waals surface area contributed by atoms with E-state index < -0.39 is 37.8 Å². The number of hydrogen-bond donors (Lipinski definition) is 3. The highest BCUT2D eigenvalue weighted by Crippen LogP contribution is 2.51. The summed E-state index contributed by atoms with van der Waals surface area (Å²) in [5, 5.41) is 9.20. The zero-order valence-electron chi connectivity index (χ0n) is 58.1.